The molecule has 2 aliphatic rings. The topological polar surface area (TPSA) is 543 Å². The van der Waals surface area contributed by atoms with E-state index in [4.69, 9.17) is 71.5 Å². The van der Waals surface area contributed by atoms with Crippen LogP contribution < -0.4 is 79.0 Å². The number of nitrogens with zero attached hydrogens (tertiary/aromatic N) is 5. The summed E-state index contributed by atoms with van der Waals surface area (Å²) in [6, 6.07) is -6.88. The number of carbonyl (C=O) groups excluding carboxylic acids is 5. The molecule has 30 nitrogen and oxygen atoms in total. The van der Waals surface area contributed by atoms with Gasteiger partial charge in [-0.3, -0.25) is 33.5 Å². The van der Waals surface area contributed by atoms with E-state index in [1.54, 1.807) is 0 Å². The van der Waals surface area contributed by atoms with Crippen molar-refractivity contribution in [1.82, 2.24) is 35.5 Å². The fourth-order valence-corrected chi connectivity index (χ4v) is 9.35. The van der Waals surface area contributed by atoms with Crippen molar-refractivity contribution >= 4 is 79.9 Å². The monoisotopic (exact) mass is 1020 g/mol. The Balaban J connectivity index is 1.34. The van der Waals surface area contributed by atoms with Crippen molar-refractivity contribution in [2.24, 2.45) is 50.9 Å². The van der Waals surface area contributed by atoms with Gasteiger partial charge in [-0.15, -0.1) is 0 Å². The number of rotatable bonds is 26. The number of nitrogens with one attached hydrogen (secondary N) is 3. The van der Waals surface area contributed by atoms with Crippen LogP contribution in [0.5, 0.6) is 0 Å². The lowest BCUT2D eigenvalue weighted by Gasteiger charge is -2.46. The van der Waals surface area contributed by atoms with Crippen molar-refractivity contribution in [1.29, 1.82) is 0 Å². The van der Waals surface area contributed by atoms with E-state index in [9.17, 15) is 44.1 Å². The fraction of sp³-hybridized carbons (Fsp3) is 0.676. The Morgan fingerprint density at radius 2 is 1.59 bits per heavy atom. The maximum atomic E-state index is 13.7. The van der Waals surface area contributed by atoms with Crippen molar-refractivity contribution in [3.63, 3.8) is 0 Å². The summed E-state index contributed by atoms with van der Waals surface area (Å²) in [6.45, 7) is -0.164. The smallest absolute Gasteiger partial charge is 0.351 e. The van der Waals surface area contributed by atoms with Gasteiger partial charge in [0.1, 0.15) is 54.5 Å². The molecule has 0 bridgehead atoms. The highest BCUT2D eigenvalue weighted by atomic mass is 33.1. The lowest BCUT2D eigenvalue weighted by molar-refractivity contribution is -0.290. The van der Waals surface area contributed by atoms with Crippen LogP contribution in [0.25, 0.3) is 11.0 Å². The number of fused-ring (bicyclic) bond motifs is 1. The molecule has 1 aliphatic carbocycles. The Labute approximate surface area is 402 Å². The number of hydrogen-bond acceptors (Lipinski definition) is 24. The Bertz CT molecular complexity index is 2180. The van der Waals surface area contributed by atoms with Crippen LogP contribution in [-0.4, -0.2) is 181 Å². The number of aromatic nitrogens is 4. The normalized spacial score (nSPS) is 26.0. The second-order valence-electron chi connectivity index (χ2n) is 16.2. The molecule has 1 aliphatic heterocycles. The van der Waals surface area contributed by atoms with E-state index in [0.717, 1.165) is 15.4 Å². The predicted octanol–water partition coefficient (Wildman–Crippen LogP) is -8.70. The van der Waals surface area contributed by atoms with Gasteiger partial charge in [-0.25, -0.2) is 9.78 Å². The van der Waals surface area contributed by atoms with E-state index in [0.29, 0.717) is 0 Å². The molecule has 5 amide bonds. The summed E-state index contributed by atoms with van der Waals surface area (Å²) >= 11 is 0. The van der Waals surface area contributed by atoms with Gasteiger partial charge in [0.05, 0.1) is 30.6 Å². The zero-order chi connectivity index (χ0) is 51.1. The first-order valence-electron chi connectivity index (χ1n) is 21.6. The molecule has 0 aromatic carbocycles. The van der Waals surface area contributed by atoms with Crippen LogP contribution in [0.3, 0.4) is 0 Å². The van der Waals surface area contributed by atoms with Crippen molar-refractivity contribution < 1.29 is 53.5 Å². The van der Waals surface area contributed by atoms with Crippen LogP contribution >= 0.6 is 21.6 Å². The van der Waals surface area contributed by atoms with E-state index in [2.05, 4.69) is 35.9 Å². The highest BCUT2D eigenvalue weighted by Crippen LogP contribution is 2.30. The summed E-state index contributed by atoms with van der Waals surface area (Å²) < 4.78 is 18.9. The number of anilines is 2. The number of hydrogen-bond donors (Lipinski definition) is 16. The molecular weight excluding hydrogens is 953 g/mol. The minimum Gasteiger partial charge on any atom is -0.389 e. The van der Waals surface area contributed by atoms with Gasteiger partial charge >= 0.3 is 5.69 Å². The number of ether oxygens (including phenoxy) is 3. The predicted molar refractivity (Wildman–Crippen MR) is 252 cm³/mol. The molecule has 13 atom stereocenters. The molecule has 1 saturated carbocycles. The third-order valence-corrected chi connectivity index (χ3v) is 13.4. The summed E-state index contributed by atoms with van der Waals surface area (Å²) in [7, 11) is 2.35. The number of primary amides is 2. The molecule has 32 heteroatoms. The number of aliphatic hydroxyl groups excluding tert-OH is 3. The van der Waals surface area contributed by atoms with Crippen molar-refractivity contribution in [2.45, 2.75) is 124 Å². The molecular formula is C37H64N18O12S2. The van der Waals surface area contributed by atoms with E-state index < -0.39 is 121 Å². The third kappa shape index (κ3) is 16.1. The number of aryl methyl sites for hydroxylation is 1. The molecule has 26 N–H and O–H groups in total. The van der Waals surface area contributed by atoms with E-state index in [1.165, 1.54) is 17.0 Å². The van der Waals surface area contributed by atoms with Gasteiger partial charge in [0.2, 0.25) is 35.5 Å². The quantitative estimate of drug-likeness (QED) is 0.0180. The van der Waals surface area contributed by atoms with Crippen molar-refractivity contribution in [2.75, 3.05) is 42.7 Å². The number of nitrogens with two attached hydrogens (primary N) is 10. The van der Waals surface area contributed by atoms with Gasteiger partial charge in [-0.05, 0) is 25.7 Å². The van der Waals surface area contributed by atoms with Crippen LogP contribution in [-0.2, 0) is 44.7 Å². The molecule has 0 spiro atoms. The Morgan fingerprint density at radius 1 is 0.899 bits per heavy atom. The molecule has 2 aromatic rings. The first-order valence-corrected chi connectivity index (χ1v) is 24.1. The largest absolute Gasteiger partial charge is 0.389 e. The minimum absolute atomic E-state index is 0.00573. The number of aliphatic imine (C=N–C) groups is 1. The van der Waals surface area contributed by atoms with E-state index in [-0.39, 0.29) is 98.6 Å². The molecule has 4 rings (SSSR count). The van der Waals surface area contributed by atoms with Crippen LogP contribution in [0.2, 0.25) is 0 Å². The Kier molecular flexibility index (Phi) is 21.8. The van der Waals surface area contributed by atoms with Crippen LogP contribution in [0, 0.1) is 0 Å². The first kappa shape index (κ1) is 56.3. The summed E-state index contributed by atoms with van der Waals surface area (Å²) in [6.07, 6.45) is -7.70. The minimum atomic E-state index is -1.55. The lowest BCUT2D eigenvalue weighted by atomic mass is 9.84. The van der Waals surface area contributed by atoms with Gasteiger partial charge < -0.3 is 103 Å². The summed E-state index contributed by atoms with van der Waals surface area (Å²) in [5, 5.41) is 39.4. The van der Waals surface area contributed by atoms with Crippen LogP contribution in [0.4, 0.5) is 11.8 Å². The molecule has 69 heavy (non-hydrogen) atoms. The zero-order valence-electron chi connectivity index (χ0n) is 37.4. The number of nitrogen functional groups attached to an aromatic ring is 2. The van der Waals surface area contributed by atoms with Crippen molar-refractivity contribution in [3.8, 4) is 0 Å². The van der Waals surface area contributed by atoms with Crippen LogP contribution in [0.15, 0.2) is 16.0 Å². The Hall–Kier alpha value is -5.26. The molecule has 2 aromatic heterocycles. The summed E-state index contributed by atoms with van der Waals surface area (Å²) in [5.74, 6) is -4.67. The summed E-state index contributed by atoms with van der Waals surface area (Å²) in [4.78, 5) is 93.1. The standard InChI is InChI=1S/C37H64N18O12S2/c38-11-20-25(59)26(60)23(42)34(66-20)67-27-16(40)9-15(39)24(58)28(27)65-7-8-68-69-13-19(30(44)61)52-32(62)17(3-1-5-48-35(45)46)51-33(63)18(10-21(41)56)50-22(57)4-2-6-55-31-14(12-49-36(47)54-31)29(43)53-37(55)64/h12,15-20,23-28,34,58-60H,1-11,13,38-40,42H2,(H2,41,56)(H2,44,61)(H,50,57)(H,51,63)(H,52,62)(H2,43,53,64)(H4,45,46,48)(H2,47,49,54)/t15-,16+,17+,18+,19+,20-,23-,24+,25-,26-,27-,28-,34-/m1/s1. The van der Waals surface area contributed by atoms with E-state index >= 15 is 0 Å². The zero-order valence-corrected chi connectivity index (χ0v) is 39.0. The van der Waals surface area contributed by atoms with E-state index in [1.807, 2.05) is 0 Å². The first-order chi connectivity index (χ1) is 32.6. The molecule has 1 saturated heterocycles. The lowest BCUT2D eigenvalue weighted by Crippen LogP contribution is -2.67. The average Bonchev–Trinajstić information content (AvgIpc) is 3.28. The molecule has 0 unspecified atom stereocenters. The fourth-order valence-electron chi connectivity index (χ4n) is 7.33. The summed E-state index contributed by atoms with van der Waals surface area (Å²) in [5.41, 5.74) is 57.0. The number of carbonyl (C=O) groups is 5. The third-order valence-electron chi connectivity index (χ3n) is 11.0. The van der Waals surface area contributed by atoms with Crippen LogP contribution in [0.1, 0.15) is 38.5 Å². The SMILES string of the molecule is NC[C@H]1O[C@H](O[C@H]2[C@H](OCCSSC[C@H](NC(=O)[C@H](CCCN=C(N)N)NC(=O)[C@H](CC(N)=O)NC(=O)CCCn3c(=O)nc(N)c4cnc(N)nc43)C(N)=O)[C@@H](O)[C@H](N)C[C@@H]2N)[C@H](N)[C@@H](O)[C@@H]1O. The van der Waals surface area contributed by atoms with Gasteiger partial charge in [-0.1, -0.05) is 21.6 Å². The molecule has 386 valence electrons. The molecule has 3 heterocycles. The Morgan fingerprint density at radius 3 is 2.26 bits per heavy atom. The number of aliphatic hydroxyl groups is 3. The average molecular weight is 1020 g/mol. The van der Waals surface area contributed by atoms with Gasteiger partial charge in [0, 0.05) is 55.8 Å². The maximum Gasteiger partial charge on any atom is 0.351 e. The second kappa shape index (κ2) is 26.6. The second-order valence-corrected chi connectivity index (χ2v) is 18.8. The highest BCUT2D eigenvalue weighted by molar-refractivity contribution is 8.76. The molecule has 0 radical (unpaired) electrons. The number of guanidine groups is 1. The highest BCUT2D eigenvalue weighted by Gasteiger charge is 2.49. The van der Waals surface area contributed by atoms with Gasteiger partial charge in [0.15, 0.2) is 17.9 Å². The number of amides is 5. The van der Waals surface area contributed by atoms with Crippen molar-refractivity contribution in [3.05, 3.63) is 16.7 Å². The van der Waals surface area contributed by atoms with Gasteiger partial charge in [-0.2, -0.15) is 9.97 Å². The van der Waals surface area contributed by atoms with Gasteiger partial charge in [0.25, 0.3) is 0 Å². The molecule has 2 fully saturated rings. The maximum absolute atomic E-state index is 13.7.